The average molecular weight is 197 g/mol. The second-order valence-corrected chi connectivity index (χ2v) is 4.07. The first-order valence-electron chi connectivity index (χ1n) is 5.42. The minimum atomic E-state index is 0.331. The molecule has 0 amide bonds. The molecule has 1 saturated heterocycles. The lowest BCUT2D eigenvalue weighted by atomic mass is 10.2. The fourth-order valence-corrected chi connectivity index (χ4v) is 1.91. The molecule has 1 N–H and O–H groups in total. The smallest absolute Gasteiger partial charge is 0.0964 e. The SMILES string of the molecule is CN1CCOC(CNC2=NCCC2)C1. The molecule has 0 bridgehead atoms. The molecule has 0 aromatic heterocycles. The van der Waals surface area contributed by atoms with Crippen molar-refractivity contribution < 1.29 is 4.74 Å². The molecule has 0 aromatic rings. The molecule has 4 heteroatoms. The van der Waals surface area contributed by atoms with Gasteiger partial charge in [0.15, 0.2) is 0 Å². The molecular weight excluding hydrogens is 178 g/mol. The maximum absolute atomic E-state index is 5.65. The molecule has 1 atom stereocenters. The summed E-state index contributed by atoms with van der Waals surface area (Å²) < 4.78 is 5.65. The average Bonchev–Trinajstić information content (AvgIpc) is 2.67. The summed E-state index contributed by atoms with van der Waals surface area (Å²) in [6.07, 6.45) is 2.65. The maximum atomic E-state index is 5.65. The van der Waals surface area contributed by atoms with E-state index in [0.717, 1.165) is 39.2 Å². The van der Waals surface area contributed by atoms with Crippen LogP contribution in [0.1, 0.15) is 12.8 Å². The highest BCUT2D eigenvalue weighted by Gasteiger charge is 2.18. The van der Waals surface area contributed by atoms with Crippen LogP contribution in [0.5, 0.6) is 0 Å². The Labute approximate surface area is 85.3 Å². The summed E-state index contributed by atoms with van der Waals surface area (Å²) in [5.41, 5.74) is 0. The molecule has 2 heterocycles. The minimum absolute atomic E-state index is 0.331. The van der Waals surface area contributed by atoms with Gasteiger partial charge in [-0.15, -0.1) is 0 Å². The van der Waals surface area contributed by atoms with Gasteiger partial charge < -0.3 is 15.0 Å². The van der Waals surface area contributed by atoms with Gasteiger partial charge in [0.05, 0.1) is 18.5 Å². The zero-order chi connectivity index (χ0) is 9.80. The molecule has 0 radical (unpaired) electrons. The quantitative estimate of drug-likeness (QED) is 0.682. The predicted molar refractivity (Wildman–Crippen MR) is 56.8 cm³/mol. The van der Waals surface area contributed by atoms with E-state index in [1.54, 1.807) is 0 Å². The van der Waals surface area contributed by atoms with E-state index in [9.17, 15) is 0 Å². The van der Waals surface area contributed by atoms with Gasteiger partial charge in [-0.1, -0.05) is 0 Å². The molecule has 1 fully saturated rings. The molecule has 4 nitrogen and oxygen atoms in total. The van der Waals surface area contributed by atoms with Crippen LogP contribution in [0.25, 0.3) is 0 Å². The van der Waals surface area contributed by atoms with Crippen molar-refractivity contribution in [3.05, 3.63) is 0 Å². The Morgan fingerprint density at radius 3 is 3.29 bits per heavy atom. The second-order valence-electron chi connectivity index (χ2n) is 4.07. The van der Waals surface area contributed by atoms with Crippen molar-refractivity contribution in [3.63, 3.8) is 0 Å². The number of nitrogens with zero attached hydrogens (tertiary/aromatic N) is 2. The third-order valence-corrected chi connectivity index (χ3v) is 2.75. The Balaban J connectivity index is 1.69. The van der Waals surface area contributed by atoms with Gasteiger partial charge in [-0.3, -0.25) is 4.99 Å². The van der Waals surface area contributed by atoms with Crippen molar-refractivity contribution in [1.82, 2.24) is 10.2 Å². The summed E-state index contributed by atoms with van der Waals surface area (Å²) in [5, 5.41) is 3.37. The molecule has 1 unspecified atom stereocenters. The van der Waals surface area contributed by atoms with E-state index >= 15 is 0 Å². The van der Waals surface area contributed by atoms with E-state index in [-0.39, 0.29) is 0 Å². The molecule has 80 valence electrons. The molecule has 0 aromatic carbocycles. The number of hydrogen-bond donors (Lipinski definition) is 1. The fourth-order valence-electron chi connectivity index (χ4n) is 1.91. The number of nitrogens with one attached hydrogen (secondary N) is 1. The lowest BCUT2D eigenvalue weighted by Gasteiger charge is -2.30. The number of aliphatic imine (C=N–C) groups is 1. The van der Waals surface area contributed by atoms with Crippen molar-refractivity contribution in [2.45, 2.75) is 18.9 Å². The van der Waals surface area contributed by atoms with Crippen LogP contribution < -0.4 is 5.32 Å². The number of likely N-dealkylation sites (N-methyl/N-ethyl adjacent to an activating group) is 1. The molecule has 0 spiro atoms. The first-order valence-corrected chi connectivity index (χ1v) is 5.42. The van der Waals surface area contributed by atoms with Crippen LogP contribution in [0.3, 0.4) is 0 Å². The van der Waals surface area contributed by atoms with Crippen LogP contribution in [0.15, 0.2) is 4.99 Å². The molecule has 0 saturated carbocycles. The molecular formula is C10H19N3O. The Kier molecular flexibility index (Phi) is 3.37. The largest absolute Gasteiger partial charge is 0.374 e. The predicted octanol–water partition coefficient (Wildman–Crippen LogP) is 0.0989. The number of hydrogen-bond acceptors (Lipinski definition) is 4. The summed E-state index contributed by atoms with van der Waals surface area (Å²) in [6, 6.07) is 0. The van der Waals surface area contributed by atoms with Gasteiger partial charge >= 0.3 is 0 Å². The van der Waals surface area contributed by atoms with Gasteiger partial charge in [0.25, 0.3) is 0 Å². The van der Waals surface area contributed by atoms with E-state index in [1.807, 2.05) is 0 Å². The van der Waals surface area contributed by atoms with Crippen LogP contribution >= 0.6 is 0 Å². The molecule has 2 rings (SSSR count). The van der Waals surface area contributed by atoms with Crippen LogP contribution in [0.4, 0.5) is 0 Å². The van der Waals surface area contributed by atoms with Gasteiger partial charge in [-0.25, -0.2) is 0 Å². The number of rotatable bonds is 2. The summed E-state index contributed by atoms with van der Waals surface area (Å²) in [5.74, 6) is 1.17. The Morgan fingerprint density at radius 1 is 1.64 bits per heavy atom. The Bertz CT molecular complexity index is 217. The summed E-state index contributed by atoms with van der Waals surface area (Å²) >= 11 is 0. The second kappa shape index (κ2) is 4.75. The normalized spacial score (nSPS) is 28.9. The van der Waals surface area contributed by atoms with E-state index in [1.165, 1.54) is 12.3 Å². The number of morpholine rings is 1. The van der Waals surface area contributed by atoms with Crippen molar-refractivity contribution >= 4 is 5.84 Å². The van der Waals surface area contributed by atoms with Crippen molar-refractivity contribution in [2.24, 2.45) is 4.99 Å². The van der Waals surface area contributed by atoms with Crippen molar-refractivity contribution in [2.75, 3.05) is 39.8 Å². The van der Waals surface area contributed by atoms with E-state index in [0.29, 0.717) is 6.10 Å². The zero-order valence-electron chi connectivity index (χ0n) is 8.83. The van der Waals surface area contributed by atoms with E-state index in [4.69, 9.17) is 4.74 Å². The van der Waals surface area contributed by atoms with Gasteiger partial charge in [0, 0.05) is 32.6 Å². The summed E-state index contributed by atoms with van der Waals surface area (Å²) in [6.45, 7) is 4.84. The highest BCUT2D eigenvalue weighted by atomic mass is 16.5. The molecule has 2 aliphatic rings. The van der Waals surface area contributed by atoms with E-state index in [2.05, 4.69) is 22.3 Å². The Morgan fingerprint density at radius 2 is 2.57 bits per heavy atom. The molecule has 2 aliphatic heterocycles. The fraction of sp³-hybridized carbons (Fsp3) is 0.900. The number of ether oxygens (including phenoxy) is 1. The van der Waals surface area contributed by atoms with Gasteiger partial charge in [-0.2, -0.15) is 0 Å². The third kappa shape index (κ3) is 2.69. The van der Waals surface area contributed by atoms with Crippen LogP contribution in [-0.2, 0) is 4.74 Å². The maximum Gasteiger partial charge on any atom is 0.0964 e. The van der Waals surface area contributed by atoms with Gasteiger partial charge in [-0.05, 0) is 13.5 Å². The molecule has 14 heavy (non-hydrogen) atoms. The highest BCUT2D eigenvalue weighted by molar-refractivity contribution is 5.83. The number of amidine groups is 1. The standard InChI is InChI=1S/C10H19N3O/c1-13-5-6-14-9(8-13)7-12-10-3-2-4-11-10/h9H,2-8H2,1H3,(H,11,12). The highest BCUT2D eigenvalue weighted by Crippen LogP contribution is 2.04. The first-order chi connectivity index (χ1) is 6.84. The van der Waals surface area contributed by atoms with Gasteiger partial charge in [0.1, 0.15) is 0 Å². The molecule has 0 aliphatic carbocycles. The van der Waals surface area contributed by atoms with E-state index < -0.39 is 0 Å². The minimum Gasteiger partial charge on any atom is -0.374 e. The first kappa shape index (κ1) is 9.93. The lowest BCUT2D eigenvalue weighted by Crippen LogP contribution is -2.45. The van der Waals surface area contributed by atoms with Crippen LogP contribution in [0.2, 0.25) is 0 Å². The zero-order valence-corrected chi connectivity index (χ0v) is 8.83. The summed E-state index contributed by atoms with van der Waals surface area (Å²) in [4.78, 5) is 6.69. The third-order valence-electron chi connectivity index (χ3n) is 2.75. The lowest BCUT2D eigenvalue weighted by molar-refractivity contribution is -0.0160. The van der Waals surface area contributed by atoms with Crippen molar-refractivity contribution in [3.8, 4) is 0 Å². The van der Waals surface area contributed by atoms with Crippen molar-refractivity contribution in [1.29, 1.82) is 0 Å². The topological polar surface area (TPSA) is 36.9 Å². The summed E-state index contributed by atoms with van der Waals surface area (Å²) in [7, 11) is 2.14. The van der Waals surface area contributed by atoms with Crippen LogP contribution in [-0.4, -0.2) is 56.7 Å². The van der Waals surface area contributed by atoms with Gasteiger partial charge in [0.2, 0.25) is 0 Å². The monoisotopic (exact) mass is 197 g/mol. The van der Waals surface area contributed by atoms with Crippen LogP contribution in [0, 0.1) is 0 Å². The Hall–Kier alpha value is -0.610.